The predicted octanol–water partition coefficient (Wildman–Crippen LogP) is 6.61. The van der Waals surface area contributed by atoms with Crippen LogP contribution in [0.4, 0.5) is 18.9 Å². The lowest BCUT2D eigenvalue weighted by atomic mass is 9.79. The van der Waals surface area contributed by atoms with Crippen molar-refractivity contribution >= 4 is 17.4 Å². The van der Waals surface area contributed by atoms with Crippen molar-refractivity contribution in [1.82, 2.24) is 0 Å². The van der Waals surface area contributed by atoms with E-state index in [-0.39, 0.29) is 17.3 Å². The van der Waals surface area contributed by atoms with Gasteiger partial charge in [-0.1, -0.05) is 31.5 Å². The second-order valence-electron chi connectivity index (χ2n) is 7.14. The van der Waals surface area contributed by atoms with Crippen molar-refractivity contribution in [2.24, 2.45) is 5.92 Å². The summed E-state index contributed by atoms with van der Waals surface area (Å²) in [5.41, 5.74) is 1.49. The molecule has 0 saturated heterocycles. The number of hydrogen-bond donors (Lipinski definition) is 1. The van der Waals surface area contributed by atoms with E-state index in [0.29, 0.717) is 16.5 Å². The molecule has 1 fully saturated rings. The Morgan fingerprint density at radius 1 is 0.960 bits per heavy atom. The van der Waals surface area contributed by atoms with Crippen LogP contribution in [0.2, 0.25) is 0 Å². The Morgan fingerprint density at radius 2 is 1.64 bits per heavy atom. The predicted molar refractivity (Wildman–Crippen MR) is 95.4 cm³/mol. The molecule has 1 aliphatic heterocycles. The summed E-state index contributed by atoms with van der Waals surface area (Å²) >= 11 is 1.24. The van der Waals surface area contributed by atoms with Crippen molar-refractivity contribution < 1.29 is 13.2 Å². The van der Waals surface area contributed by atoms with Gasteiger partial charge in [-0.2, -0.15) is 0 Å². The van der Waals surface area contributed by atoms with Crippen LogP contribution in [0.1, 0.15) is 55.0 Å². The molecule has 5 heteroatoms. The van der Waals surface area contributed by atoms with E-state index < -0.39 is 17.0 Å². The number of fused-ring (bicyclic) bond motifs is 1. The van der Waals surface area contributed by atoms with Gasteiger partial charge in [0.15, 0.2) is 0 Å². The molecule has 0 radical (unpaired) electrons. The number of hydrogen-bond acceptors (Lipinski definition) is 2. The molecule has 0 aromatic heterocycles. The lowest BCUT2D eigenvalue weighted by molar-refractivity contribution is 0.346. The maximum atomic E-state index is 14.7. The molecule has 1 atom stereocenters. The van der Waals surface area contributed by atoms with Gasteiger partial charge in [-0.3, -0.25) is 0 Å². The molecular weight excluding hydrogens is 343 g/mol. The standard InChI is InChI=1S/C20H20F3NS/c1-11-2-4-12(5-3-11)13-8-15(22)19(16(23)9-13)20-24-17-7-6-14(21)10-18(17)25-20/h6-12,20,24H,2-5H2,1H3. The minimum Gasteiger partial charge on any atom is -0.368 e. The molecule has 1 unspecified atom stereocenters. The molecule has 0 spiro atoms. The second-order valence-corrected chi connectivity index (χ2v) is 8.28. The maximum absolute atomic E-state index is 14.7. The van der Waals surface area contributed by atoms with E-state index in [9.17, 15) is 13.2 Å². The van der Waals surface area contributed by atoms with Crippen LogP contribution >= 0.6 is 11.8 Å². The van der Waals surface area contributed by atoms with E-state index in [2.05, 4.69) is 12.2 Å². The average molecular weight is 363 g/mol. The van der Waals surface area contributed by atoms with Gasteiger partial charge in [-0.05, 0) is 60.6 Å². The Hall–Kier alpha value is -1.62. The molecule has 1 heterocycles. The molecule has 1 aliphatic carbocycles. The Morgan fingerprint density at radius 3 is 2.32 bits per heavy atom. The molecule has 1 nitrogen and oxygen atoms in total. The smallest absolute Gasteiger partial charge is 0.132 e. The summed E-state index contributed by atoms with van der Waals surface area (Å²) in [5, 5.41) is 2.51. The molecule has 2 aromatic carbocycles. The maximum Gasteiger partial charge on any atom is 0.132 e. The van der Waals surface area contributed by atoms with Gasteiger partial charge < -0.3 is 5.32 Å². The van der Waals surface area contributed by atoms with E-state index in [1.54, 1.807) is 6.07 Å². The zero-order valence-electron chi connectivity index (χ0n) is 14.0. The highest BCUT2D eigenvalue weighted by Gasteiger charge is 2.30. The molecular formula is C20H20F3NS. The quantitative estimate of drug-likeness (QED) is 0.644. The molecule has 1 saturated carbocycles. The van der Waals surface area contributed by atoms with Crippen LogP contribution < -0.4 is 5.32 Å². The lowest BCUT2D eigenvalue weighted by Crippen LogP contribution is -2.13. The number of benzene rings is 2. The highest BCUT2D eigenvalue weighted by molar-refractivity contribution is 8.00. The Bertz CT molecular complexity index is 777. The molecule has 0 amide bonds. The third-order valence-electron chi connectivity index (χ3n) is 5.33. The van der Waals surface area contributed by atoms with Crippen LogP contribution in [-0.4, -0.2) is 0 Å². The topological polar surface area (TPSA) is 12.0 Å². The molecule has 132 valence electrons. The summed E-state index contributed by atoms with van der Waals surface area (Å²) in [5.74, 6) is -0.455. The number of anilines is 1. The van der Waals surface area contributed by atoms with Gasteiger partial charge in [0.2, 0.25) is 0 Å². The van der Waals surface area contributed by atoms with Gasteiger partial charge in [0.05, 0.1) is 5.56 Å². The van der Waals surface area contributed by atoms with Crippen LogP contribution in [0.25, 0.3) is 0 Å². The summed E-state index contributed by atoms with van der Waals surface area (Å²) in [6, 6.07) is 7.32. The number of rotatable bonds is 2. The zero-order valence-corrected chi connectivity index (χ0v) is 14.8. The third kappa shape index (κ3) is 3.26. The lowest BCUT2D eigenvalue weighted by Gasteiger charge is -2.27. The van der Waals surface area contributed by atoms with Crippen molar-refractivity contribution in [3.8, 4) is 0 Å². The normalized spacial score (nSPS) is 25.5. The van der Waals surface area contributed by atoms with Crippen LogP contribution in [0.15, 0.2) is 35.2 Å². The fourth-order valence-electron chi connectivity index (χ4n) is 3.83. The van der Waals surface area contributed by atoms with Gasteiger partial charge in [0, 0.05) is 10.6 Å². The summed E-state index contributed by atoms with van der Waals surface area (Å²) < 4.78 is 42.8. The SMILES string of the molecule is CC1CCC(c2cc(F)c(C3Nc4ccc(F)cc4S3)c(F)c2)CC1. The Labute approximate surface area is 150 Å². The van der Waals surface area contributed by atoms with Gasteiger partial charge in [-0.15, -0.1) is 0 Å². The van der Waals surface area contributed by atoms with Crippen LogP contribution in [0.3, 0.4) is 0 Å². The van der Waals surface area contributed by atoms with Crippen molar-refractivity contribution in [3.63, 3.8) is 0 Å². The first-order valence-corrected chi connectivity index (χ1v) is 9.61. The van der Waals surface area contributed by atoms with Gasteiger partial charge in [0.25, 0.3) is 0 Å². The van der Waals surface area contributed by atoms with E-state index in [4.69, 9.17) is 0 Å². The van der Waals surface area contributed by atoms with E-state index in [1.165, 1.54) is 36.0 Å². The van der Waals surface area contributed by atoms with Crippen molar-refractivity contribution in [1.29, 1.82) is 0 Å². The third-order valence-corrected chi connectivity index (χ3v) is 6.51. The molecule has 4 rings (SSSR count). The first kappa shape index (κ1) is 16.8. The second kappa shape index (κ2) is 6.60. The van der Waals surface area contributed by atoms with Crippen molar-refractivity contribution in [2.75, 3.05) is 5.32 Å². The molecule has 1 N–H and O–H groups in total. The fraction of sp³-hybridized carbons (Fsp3) is 0.400. The Balaban J connectivity index is 1.59. The first-order valence-electron chi connectivity index (χ1n) is 8.73. The van der Waals surface area contributed by atoms with Gasteiger partial charge in [-0.25, -0.2) is 13.2 Å². The highest BCUT2D eigenvalue weighted by Crippen LogP contribution is 2.48. The number of nitrogens with one attached hydrogen (secondary N) is 1. The minimum absolute atomic E-state index is 0.0227. The van der Waals surface area contributed by atoms with E-state index >= 15 is 0 Å². The minimum atomic E-state index is -0.572. The molecule has 25 heavy (non-hydrogen) atoms. The average Bonchev–Trinajstić information content (AvgIpc) is 2.97. The Kier molecular flexibility index (Phi) is 4.44. The largest absolute Gasteiger partial charge is 0.368 e. The van der Waals surface area contributed by atoms with Gasteiger partial charge >= 0.3 is 0 Å². The van der Waals surface area contributed by atoms with Crippen molar-refractivity contribution in [3.05, 3.63) is 58.9 Å². The molecule has 2 aromatic rings. The molecule has 2 aliphatic rings. The fourth-order valence-corrected chi connectivity index (χ4v) is 5.04. The summed E-state index contributed by atoms with van der Waals surface area (Å²) in [6.07, 6.45) is 4.19. The number of halogens is 3. The molecule has 0 bridgehead atoms. The summed E-state index contributed by atoms with van der Waals surface area (Å²) in [4.78, 5) is 0.675. The van der Waals surface area contributed by atoms with Gasteiger partial charge in [0.1, 0.15) is 22.8 Å². The van der Waals surface area contributed by atoms with Crippen LogP contribution in [-0.2, 0) is 0 Å². The zero-order chi connectivity index (χ0) is 17.6. The van der Waals surface area contributed by atoms with Crippen LogP contribution in [0, 0.1) is 23.4 Å². The van der Waals surface area contributed by atoms with Crippen molar-refractivity contribution in [2.45, 2.75) is 48.8 Å². The van der Waals surface area contributed by atoms with E-state index in [1.807, 2.05) is 0 Å². The highest BCUT2D eigenvalue weighted by atomic mass is 32.2. The van der Waals surface area contributed by atoms with E-state index in [0.717, 1.165) is 31.2 Å². The number of thioether (sulfide) groups is 1. The monoisotopic (exact) mass is 363 g/mol. The van der Waals surface area contributed by atoms with Crippen LogP contribution in [0.5, 0.6) is 0 Å². The summed E-state index contributed by atoms with van der Waals surface area (Å²) in [7, 11) is 0. The summed E-state index contributed by atoms with van der Waals surface area (Å²) in [6.45, 7) is 2.23. The first-order chi connectivity index (χ1) is 12.0.